The molecular weight excluding hydrogens is 240 g/mol. The van der Waals surface area contributed by atoms with E-state index < -0.39 is 0 Å². The van der Waals surface area contributed by atoms with Gasteiger partial charge in [0.15, 0.2) is 0 Å². The normalized spacial score (nSPS) is 16.6. The van der Waals surface area contributed by atoms with Gasteiger partial charge in [0.1, 0.15) is 0 Å². The molecule has 19 heavy (non-hydrogen) atoms. The van der Waals surface area contributed by atoms with Crippen molar-refractivity contribution >= 4 is 0 Å². The first-order valence-electron chi connectivity index (χ1n) is 6.68. The van der Waals surface area contributed by atoms with Crippen molar-refractivity contribution in [2.45, 2.75) is 6.54 Å². The first-order chi connectivity index (χ1) is 9.42. The van der Waals surface area contributed by atoms with Gasteiger partial charge in [0.2, 0.25) is 5.82 Å². The molecular formula is C13H18N6. The second kappa shape index (κ2) is 5.90. The molecule has 1 aromatic heterocycles. The number of rotatable bonds is 4. The van der Waals surface area contributed by atoms with E-state index in [0.29, 0.717) is 5.82 Å². The maximum absolute atomic E-state index is 4.42. The van der Waals surface area contributed by atoms with Gasteiger partial charge in [-0.3, -0.25) is 4.90 Å². The van der Waals surface area contributed by atoms with Gasteiger partial charge in [0.05, 0.1) is 6.54 Å². The number of aromatic nitrogens is 4. The SMILES string of the molecule is c1ccc(-c2nnn(CCN3CCNCC3)n2)cc1. The van der Waals surface area contributed by atoms with E-state index in [1.54, 1.807) is 4.80 Å². The number of piperazine rings is 1. The van der Waals surface area contributed by atoms with Gasteiger partial charge < -0.3 is 5.32 Å². The third kappa shape index (κ3) is 3.15. The lowest BCUT2D eigenvalue weighted by molar-refractivity contribution is 0.224. The molecule has 1 aromatic carbocycles. The zero-order valence-electron chi connectivity index (χ0n) is 10.9. The Kier molecular flexibility index (Phi) is 3.81. The minimum Gasteiger partial charge on any atom is -0.314 e. The summed E-state index contributed by atoms with van der Waals surface area (Å²) in [6.07, 6.45) is 0. The zero-order valence-corrected chi connectivity index (χ0v) is 10.9. The predicted molar refractivity (Wildman–Crippen MR) is 72.6 cm³/mol. The van der Waals surface area contributed by atoms with Crippen LogP contribution in [0, 0.1) is 0 Å². The lowest BCUT2D eigenvalue weighted by Gasteiger charge is -2.26. The highest BCUT2D eigenvalue weighted by Gasteiger charge is 2.10. The van der Waals surface area contributed by atoms with Crippen molar-refractivity contribution in [2.24, 2.45) is 0 Å². The van der Waals surface area contributed by atoms with Crippen LogP contribution >= 0.6 is 0 Å². The van der Waals surface area contributed by atoms with Crippen LogP contribution in [0.1, 0.15) is 0 Å². The van der Waals surface area contributed by atoms with E-state index in [2.05, 4.69) is 25.6 Å². The van der Waals surface area contributed by atoms with Gasteiger partial charge in [-0.25, -0.2) is 0 Å². The summed E-state index contributed by atoms with van der Waals surface area (Å²) in [5, 5.41) is 16.0. The minimum absolute atomic E-state index is 0.695. The topological polar surface area (TPSA) is 58.9 Å². The summed E-state index contributed by atoms with van der Waals surface area (Å²) in [4.78, 5) is 4.10. The molecule has 1 N–H and O–H groups in total. The van der Waals surface area contributed by atoms with E-state index >= 15 is 0 Å². The summed E-state index contributed by atoms with van der Waals surface area (Å²) >= 11 is 0. The van der Waals surface area contributed by atoms with Crippen LogP contribution < -0.4 is 5.32 Å². The molecule has 1 aliphatic rings. The number of benzene rings is 1. The van der Waals surface area contributed by atoms with Crippen LogP contribution in [-0.2, 0) is 6.54 Å². The third-order valence-electron chi connectivity index (χ3n) is 3.31. The molecule has 0 saturated carbocycles. The highest BCUT2D eigenvalue weighted by Crippen LogP contribution is 2.11. The summed E-state index contributed by atoms with van der Waals surface area (Å²) in [5.74, 6) is 0.695. The van der Waals surface area contributed by atoms with Crippen molar-refractivity contribution in [3.05, 3.63) is 30.3 Å². The Labute approximate surface area is 112 Å². The average molecular weight is 258 g/mol. The standard InChI is InChI=1S/C13H18N6/c1-2-4-12(5-3-1)13-15-17-19(16-13)11-10-18-8-6-14-7-9-18/h1-5,14H,6-11H2. The van der Waals surface area contributed by atoms with Crippen LogP contribution in [-0.4, -0.2) is 57.8 Å². The summed E-state index contributed by atoms with van der Waals surface area (Å²) < 4.78 is 0. The van der Waals surface area contributed by atoms with Crippen LogP contribution in [0.3, 0.4) is 0 Å². The van der Waals surface area contributed by atoms with Crippen molar-refractivity contribution < 1.29 is 0 Å². The van der Waals surface area contributed by atoms with E-state index in [1.807, 2.05) is 30.3 Å². The molecule has 100 valence electrons. The van der Waals surface area contributed by atoms with Crippen molar-refractivity contribution in [3.8, 4) is 11.4 Å². The fourth-order valence-electron chi connectivity index (χ4n) is 2.21. The Morgan fingerprint density at radius 2 is 1.84 bits per heavy atom. The number of tetrazole rings is 1. The van der Waals surface area contributed by atoms with Crippen LogP contribution in [0.15, 0.2) is 30.3 Å². The molecule has 3 rings (SSSR count). The van der Waals surface area contributed by atoms with E-state index in [1.165, 1.54) is 0 Å². The van der Waals surface area contributed by atoms with Crippen molar-refractivity contribution in [3.63, 3.8) is 0 Å². The predicted octanol–water partition coefficient (Wildman–Crippen LogP) is 0.245. The number of nitrogens with one attached hydrogen (secondary N) is 1. The second-order valence-electron chi connectivity index (χ2n) is 4.67. The van der Waals surface area contributed by atoms with E-state index in [0.717, 1.165) is 44.8 Å². The molecule has 1 fully saturated rings. The largest absolute Gasteiger partial charge is 0.314 e. The number of hydrogen-bond acceptors (Lipinski definition) is 5. The van der Waals surface area contributed by atoms with Gasteiger partial charge >= 0.3 is 0 Å². The minimum atomic E-state index is 0.695. The third-order valence-corrected chi connectivity index (χ3v) is 3.31. The molecule has 6 heteroatoms. The fraction of sp³-hybridized carbons (Fsp3) is 0.462. The van der Waals surface area contributed by atoms with Gasteiger partial charge in [-0.2, -0.15) is 4.80 Å². The zero-order chi connectivity index (χ0) is 12.9. The quantitative estimate of drug-likeness (QED) is 0.851. The first-order valence-corrected chi connectivity index (χ1v) is 6.68. The first kappa shape index (κ1) is 12.3. The molecule has 0 amide bonds. The molecule has 1 aliphatic heterocycles. The van der Waals surface area contributed by atoms with Crippen LogP contribution in [0.4, 0.5) is 0 Å². The lowest BCUT2D eigenvalue weighted by Crippen LogP contribution is -2.44. The van der Waals surface area contributed by atoms with E-state index in [4.69, 9.17) is 0 Å². The summed E-state index contributed by atoms with van der Waals surface area (Å²) in [7, 11) is 0. The summed E-state index contributed by atoms with van der Waals surface area (Å²) in [5.41, 5.74) is 1.01. The van der Waals surface area contributed by atoms with Crippen molar-refractivity contribution in [1.29, 1.82) is 0 Å². The molecule has 2 heterocycles. The van der Waals surface area contributed by atoms with E-state index in [9.17, 15) is 0 Å². The average Bonchev–Trinajstić information content (AvgIpc) is 2.96. The van der Waals surface area contributed by atoms with Crippen molar-refractivity contribution in [2.75, 3.05) is 32.7 Å². The summed E-state index contributed by atoms with van der Waals surface area (Å²) in [6, 6.07) is 9.95. The Hall–Kier alpha value is -1.79. The molecule has 0 aliphatic carbocycles. The van der Waals surface area contributed by atoms with Crippen molar-refractivity contribution in [1.82, 2.24) is 30.4 Å². The summed E-state index contributed by atoms with van der Waals surface area (Å²) in [6.45, 7) is 6.10. The molecule has 0 unspecified atom stereocenters. The number of nitrogens with zero attached hydrogens (tertiary/aromatic N) is 5. The Balaban J connectivity index is 1.59. The smallest absolute Gasteiger partial charge is 0.204 e. The van der Waals surface area contributed by atoms with E-state index in [-0.39, 0.29) is 0 Å². The highest BCUT2D eigenvalue weighted by molar-refractivity contribution is 5.52. The molecule has 0 spiro atoms. The fourth-order valence-corrected chi connectivity index (χ4v) is 2.21. The van der Waals surface area contributed by atoms with Gasteiger partial charge in [-0.1, -0.05) is 30.3 Å². The Bertz CT molecular complexity index is 503. The molecule has 1 saturated heterocycles. The van der Waals surface area contributed by atoms with Crippen LogP contribution in [0.5, 0.6) is 0 Å². The monoisotopic (exact) mass is 258 g/mol. The number of hydrogen-bond donors (Lipinski definition) is 1. The maximum Gasteiger partial charge on any atom is 0.204 e. The Morgan fingerprint density at radius 3 is 2.63 bits per heavy atom. The van der Waals surface area contributed by atoms with Gasteiger partial charge in [-0.15, -0.1) is 10.2 Å². The van der Waals surface area contributed by atoms with Gasteiger partial charge in [0, 0.05) is 38.3 Å². The van der Waals surface area contributed by atoms with Crippen LogP contribution in [0.25, 0.3) is 11.4 Å². The van der Waals surface area contributed by atoms with Gasteiger partial charge in [-0.05, 0) is 5.21 Å². The lowest BCUT2D eigenvalue weighted by atomic mass is 10.2. The molecule has 0 radical (unpaired) electrons. The molecule has 6 nitrogen and oxygen atoms in total. The molecule has 0 atom stereocenters. The molecule has 2 aromatic rings. The second-order valence-corrected chi connectivity index (χ2v) is 4.67. The highest BCUT2D eigenvalue weighted by atomic mass is 15.6. The Morgan fingerprint density at radius 1 is 1.05 bits per heavy atom. The van der Waals surface area contributed by atoms with Gasteiger partial charge in [0.25, 0.3) is 0 Å². The maximum atomic E-state index is 4.42. The molecule has 0 bridgehead atoms. The van der Waals surface area contributed by atoms with Crippen LogP contribution in [0.2, 0.25) is 0 Å².